The molecule has 0 bridgehead atoms. The number of carboxylic acid groups (broad SMARTS) is 1. The molecule has 0 aliphatic heterocycles. The molecule has 0 fully saturated rings. The lowest BCUT2D eigenvalue weighted by molar-refractivity contribution is -0.138. The first-order valence-corrected chi connectivity index (χ1v) is 6.48. The molecular formula is C14H18F3NO2. The summed E-state index contributed by atoms with van der Waals surface area (Å²) in [4.78, 5) is 10.8. The minimum Gasteiger partial charge on any atom is -0.478 e. The maximum Gasteiger partial charge on any atom is 0.417 e. The van der Waals surface area contributed by atoms with E-state index in [1.54, 1.807) is 0 Å². The van der Waals surface area contributed by atoms with Crippen LogP contribution in [0.1, 0.15) is 42.6 Å². The first-order chi connectivity index (χ1) is 9.29. The zero-order valence-electron chi connectivity index (χ0n) is 11.4. The predicted octanol–water partition coefficient (Wildman–Crippen LogP) is 4.25. The van der Waals surface area contributed by atoms with Gasteiger partial charge in [0.2, 0.25) is 0 Å². The fourth-order valence-corrected chi connectivity index (χ4v) is 1.91. The van der Waals surface area contributed by atoms with Crippen molar-refractivity contribution in [2.75, 3.05) is 11.9 Å². The Kier molecular flexibility index (Phi) is 5.42. The summed E-state index contributed by atoms with van der Waals surface area (Å²) in [6, 6.07) is 3.20. The number of anilines is 1. The molecule has 2 N–H and O–H groups in total. The van der Waals surface area contributed by atoms with Crippen LogP contribution in [0, 0.1) is 5.92 Å². The summed E-state index contributed by atoms with van der Waals surface area (Å²) in [7, 11) is 0. The van der Waals surface area contributed by atoms with Gasteiger partial charge in [0.25, 0.3) is 0 Å². The average molecular weight is 289 g/mol. The zero-order chi connectivity index (χ0) is 15.3. The largest absolute Gasteiger partial charge is 0.478 e. The van der Waals surface area contributed by atoms with Crippen LogP contribution in [0.4, 0.5) is 18.9 Å². The second kappa shape index (κ2) is 6.63. The Morgan fingerprint density at radius 1 is 1.30 bits per heavy atom. The van der Waals surface area contributed by atoms with Gasteiger partial charge in [0.15, 0.2) is 0 Å². The summed E-state index contributed by atoms with van der Waals surface area (Å²) in [6.07, 6.45) is -2.81. The van der Waals surface area contributed by atoms with E-state index in [0.29, 0.717) is 12.5 Å². The Labute approximate surface area is 115 Å². The summed E-state index contributed by atoms with van der Waals surface area (Å²) < 4.78 is 38.5. The van der Waals surface area contributed by atoms with Crippen molar-refractivity contribution in [1.29, 1.82) is 0 Å². The van der Waals surface area contributed by atoms with Crippen LogP contribution in [0.25, 0.3) is 0 Å². The van der Waals surface area contributed by atoms with E-state index in [4.69, 9.17) is 5.11 Å². The summed E-state index contributed by atoms with van der Waals surface area (Å²) >= 11 is 0. The van der Waals surface area contributed by atoms with Crippen molar-refractivity contribution in [3.05, 3.63) is 29.3 Å². The molecule has 20 heavy (non-hydrogen) atoms. The van der Waals surface area contributed by atoms with Crippen LogP contribution >= 0.6 is 0 Å². The molecule has 0 atom stereocenters. The Hall–Kier alpha value is -1.72. The summed E-state index contributed by atoms with van der Waals surface area (Å²) in [6.45, 7) is 4.60. The molecule has 0 radical (unpaired) electrons. The van der Waals surface area contributed by atoms with Crippen LogP contribution in [0.15, 0.2) is 18.2 Å². The Balaban J connectivity index is 2.98. The first-order valence-electron chi connectivity index (χ1n) is 6.48. The lowest BCUT2D eigenvalue weighted by atomic mass is 10.0. The third-order valence-electron chi connectivity index (χ3n) is 3.30. The van der Waals surface area contributed by atoms with Gasteiger partial charge in [-0.3, -0.25) is 0 Å². The fourth-order valence-electron chi connectivity index (χ4n) is 1.91. The number of alkyl halides is 3. The molecule has 0 saturated carbocycles. The van der Waals surface area contributed by atoms with Gasteiger partial charge in [-0.25, -0.2) is 4.79 Å². The molecule has 0 unspecified atom stereocenters. The van der Waals surface area contributed by atoms with Crippen LogP contribution in [-0.4, -0.2) is 17.6 Å². The third kappa shape index (κ3) is 4.15. The number of aromatic carboxylic acids is 1. The van der Waals surface area contributed by atoms with E-state index in [2.05, 4.69) is 5.32 Å². The molecule has 3 nitrogen and oxygen atoms in total. The van der Waals surface area contributed by atoms with Gasteiger partial charge >= 0.3 is 12.1 Å². The van der Waals surface area contributed by atoms with Crippen molar-refractivity contribution in [2.45, 2.75) is 32.9 Å². The maximum absolute atomic E-state index is 12.8. The van der Waals surface area contributed by atoms with Crippen LogP contribution in [0.5, 0.6) is 0 Å². The van der Waals surface area contributed by atoms with Crippen molar-refractivity contribution in [3.63, 3.8) is 0 Å². The third-order valence-corrected chi connectivity index (χ3v) is 3.30. The molecule has 0 aliphatic carbocycles. The molecule has 1 rings (SSSR count). The van der Waals surface area contributed by atoms with E-state index in [1.807, 2.05) is 13.8 Å². The van der Waals surface area contributed by atoms with Gasteiger partial charge in [0.05, 0.1) is 11.1 Å². The van der Waals surface area contributed by atoms with Crippen molar-refractivity contribution < 1.29 is 23.1 Å². The zero-order valence-corrected chi connectivity index (χ0v) is 11.4. The lowest BCUT2D eigenvalue weighted by Gasteiger charge is -2.16. The van der Waals surface area contributed by atoms with Crippen molar-refractivity contribution in [3.8, 4) is 0 Å². The normalized spacial score (nSPS) is 11.7. The monoisotopic (exact) mass is 289 g/mol. The molecule has 1 aromatic rings. The molecule has 0 heterocycles. The molecule has 0 aromatic heterocycles. The molecular weight excluding hydrogens is 271 g/mol. The Bertz CT molecular complexity index is 468. The van der Waals surface area contributed by atoms with E-state index in [0.717, 1.165) is 25.0 Å². The maximum atomic E-state index is 12.8. The summed E-state index contributed by atoms with van der Waals surface area (Å²) in [5.74, 6) is -1.20. The van der Waals surface area contributed by atoms with Gasteiger partial charge in [0.1, 0.15) is 0 Å². The fraction of sp³-hybridized carbons (Fsp3) is 0.500. The van der Waals surface area contributed by atoms with Crippen LogP contribution in [-0.2, 0) is 6.18 Å². The second-order valence-corrected chi connectivity index (χ2v) is 4.63. The highest BCUT2D eigenvalue weighted by atomic mass is 19.4. The molecule has 6 heteroatoms. The molecule has 0 aliphatic rings. The van der Waals surface area contributed by atoms with E-state index in [1.165, 1.54) is 6.07 Å². The van der Waals surface area contributed by atoms with Crippen LogP contribution < -0.4 is 5.32 Å². The number of nitrogens with one attached hydrogen (secondary N) is 1. The van der Waals surface area contributed by atoms with Gasteiger partial charge in [-0.1, -0.05) is 26.7 Å². The van der Waals surface area contributed by atoms with Crippen LogP contribution in [0.2, 0.25) is 0 Å². The van der Waals surface area contributed by atoms with Gasteiger partial charge in [0, 0.05) is 12.2 Å². The van der Waals surface area contributed by atoms with Crippen LogP contribution in [0.3, 0.4) is 0 Å². The highest BCUT2D eigenvalue weighted by molar-refractivity contribution is 5.90. The summed E-state index contributed by atoms with van der Waals surface area (Å²) in [5.41, 5.74) is -1.57. The molecule has 112 valence electrons. The molecule has 0 spiro atoms. The van der Waals surface area contributed by atoms with E-state index in [-0.39, 0.29) is 5.69 Å². The number of hydrogen-bond acceptors (Lipinski definition) is 2. The number of carboxylic acids is 1. The van der Waals surface area contributed by atoms with Gasteiger partial charge < -0.3 is 10.4 Å². The average Bonchev–Trinajstić information content (AvgIpc) is 2.38. The van der Waals surface area contributed by atoms with Gasteiger partial charge in [-0.05, 0) is 24.1 Å². The number of rotatable bonds is 6. The number of halogens is 3. The second-order valence-electron chi connectivity index (χ2n) is 4.63. The quantitative estimate of drug-likeness (QED) is 0.823. The van der Waals surface area contributed by atoms with Gasteiger partial charge in [-0.15, -0.1) is 0 Å². The van der Waals surface area contributed by atoms with E-state index < -0.39 is 23.3 Å². The van der Waals surface area contributed by atoms with Crippen molar-refractivity contribution >= 4 is 11.7 Å². The predicted molar refractivity (Wildman–Crippen MR) is 71.0 cm³/mol. The Morgan fingerprint density at radius 2 is 1.90 bits per heavy atom. The SMILES string of the molecule is CCC(CC)CNc1ccc(C(=O)O)c(C(F)(F)F)c1. The summed E-state index contributed by atoms with van der Waals surface area (Å²) in [5, 5.41) is 11.7. The minimum absolute atomic E-state index is 0.286. The van der Waals surface area contributed by atoms with E-state index >= 15 is 0 Å². The van der Waals surface area contributed by atoms with E-state index in [9.17, 15) is 18.0 Å². The van der Waals surface area contributed by atoms with Crippen molar-refractivity contribution in [1.82, 2.24) is 0 Å². The lowest BCUT2D eigenvalue weighted by Crippen LogP contribution is -2.16. The Morgan fingerprint density at radius 3 is 2.35 bits per heavy atom. The number of hydrogen-bond donors (Lipinski definition) is 2. The highest BCUT2D eigenvalue weighted by Crippen LogP contribution is 2.34. The molecule has 0 saturated heterocycles. The highest BCUT2D eigenvalue weighted by Gasteiger charge is 2.35. The molecule has 0 amide bonds. The standard InChI is InChI=1S/C14H18F3NO2/c1-3-9(4-2)8-18-10-5-6-11(13(19)20)12(7-10)14(15,16)17/h5-7,9,18H,3-4,8H2,1-2H3,(H,19,20). The number of carbonyl (C=O) groups is 1. The number of benzene rings is 1. The smallest absolute Gasteiger partial charge is 0.417 e. The topological polar surface area (TPSA) is 49.3 Å². The minimum atomic E-state index is -4.68. The van der Waals surface area contributed by atoms with Gasteiger partial charge in [-0.2, -0.15) is 13.2 Å². The molecule has 1 aromatic carbocycles. The van der Waals surface area contributed by atoms with Crippen molar-refractivity contribution in [2.24, 2.45) is 5.92 Å². The first kappa shape index (κ1) is 16.3.